The predicted octanol–water partition coefficient (Wildman–Crippen LogP) is 3.43. The highest BCUT2D eigenvalue weighted by atomic mass is 16.5. The van der Waals surface area contributed by atoms with Gasteiger partial charge in [0.05, 0.1) is 12.5 Å². The Morgan fingerprint density at radius 1 is 1.30 bits per heavy atom. The van der Waals surface area contributed by atoms with E-state index in [4.69, 9.17) is 4.74 Å². The van der Waals surface area contributed by atoms with Gasteiger partial charge in [-0.05, 0) is 43.9 Å². The van der Waals surface area contributed by atoms with E-state index in [-0.39, 0.29) is 17.3 Å². The third-order valence-electron chi connectivity index (χ3n) is 6.02. The third kappa shape index (κ3) is 1.86. The average Bonchev–Trinajstić information content (AvgIpc) is 2.73. The maximum Gasteiger partial charge on any atom is 0.312 e. The minimum atomic E-state index is -0.434. The standard InChI is InChI=1S/C17H24O3/c1-16-7-4-6-13(16)14-11-12(18)5-3-8-17(14,10-9-16)15(19)20-2/h6,14H,3-5,7-11H2,1-2H3/t14-,16+,17-/m0/s1. The lowest BCUT2D eigenvalue weighted by Crippen LogP contribution is -2.47. The van der Waals surface area contributed by atoms with E-state index < -0.39 is 5.41 Å². The SMILES string of the molecule is COC(=O)[C@]12CCCC(=O)C[C@H]1C1=CCC[C@]1(C)CC2. The first-order chi connectivity index (χ1) is 9.52. The van der Waals surface area contributed by atoms with Crippen LogP contribution in [0.25, 0.3) is 0 Å². The maximum atomic E-state index is 12.5. The first-order valence-electron chi connectivity index (χ1n) is 7.82. The number of carbonyl (C=O) groups excluding carboxylic acids is 2. The Morgan fingerprint density at radius 3 is 2.85 bits per heavy atom. The summed E-state index contributed by atoms with van der Waals surface area (Å²) in [5.41, 5.74) is 1.16. The van der Waals surface area contributed by atoms with Crippen molar-refractivity contribution in [3.8, 4) is 0 Å². The van der Waals surface area contributed by atoms with Crippen molar-refractivity contribution in [2.45, 2.75) is 58.3 Å². The molecular weight excluding hydrogens is 252 g/mol. The monoisotopic (exact) mass is 276 g/mol. The molecule has 0 spiro atoms. The number of esters is 1. The summed E-state index contributed by atoms with van der Waals surface area (Å²) >= 11 is 0. The lowest BCUT2D eigenvalue weighted by atomic mass is 9.55. The zero-order valence-corrected chi connectivity index (χ0v) is 12.5. The number of rotatable bonds is 1. The molecule has 0 bridgehead atoms. The van der Waals surface area contributed by atoms with Gasteiger partial charge in [-0.15, -0.1) is 0 Å². The van der Waals surface area contributed by atoms with E-state index in [2.05, 4.69) is 13.0 Å². The number of hydrogen-bond acceptors (Lipinski definition) is 3. The van der Waals surface area contributed by atoms with E-state index in [1.165, 1.54) is 19.1 Å². The van der Waals surface area contributed by atoms with E-state index in [1.54, 1.807) is 0 Å². The van der Waals surface area contributed by atoms with Crippen LogP contribution in [0.3, 0.4) is 0 Å². The van der Waals surface area contributed by atoms with Crippen LogP contribution in [-0.2, 0) is 14.3 Å². The van der Waals surface area contributed by atoms with Crippen LogP contribution >= 0.6 is 0 Å². The van der Waals surface area contributed by atoms with Crippen LogP contribution in [-0.4, -0.2) is 18.9 Å². The fourth-order valence-corrected chi connectivity index (χ4v) is 4.82. The molecule has 0 aromatic rings. The quantitative estimate of drug-likeness (QED) is 0.544. The first-order valence-corrected chi connectivity index (χ1v) is 7.82. The first kappa shape index (κ1) is 13.8. The summed E-state index contributed by atoms with van der Waals surface area (Å²) in [6.07, 6.45) is 9.30. The molecule has 3 rings (SSSR count). The number of methoxy groups -OCH3 is 1. The summed E-state index contributed by atoms with van der Waals surface area (Å²) in [4.78, 5) is 24.6. The van der Waals surface area contributed by atoms with E-state index in [1.807, 2.05) is 0 Å². The molecule has 0 heterocycles. The van der Waals surface area contributed by atoms with E-state index >= 15 is 0 Å². The minimum Gasteiger partial charge on any atom is -0.469 e. The van der Waals surface area contributed by atoms with E-state index in [0.29, 0.717) is 18.6 Å². The number of Topliss-reactive ketones (excluding diaryl/α,β-unsaturated/α-hetero) is 1. The van der Waals surface area contributed by atoms with Gasteiger partial charge < -0.3 is 4.74 Å². The van der Waals surface area contributed by atoms with Gasteiger partial charge in [-0.25, -0.2) is 0 Å². The number of ketones is 1. The van der Waals surface area contributed by atoms with Gasteiger partial charge in [0.2, 0.25) is 0 Å². The smallest absolute Gasteiger partial charge is 0.312 e. The Bertz CT molecular complexity index is 479. The predicted molar refractivity (Wildman–Crippen MR) is 76.1 cm³/mol. The number of fused-ring (bicyclic) bond motifs is 3. The molecule has 0 aromatic heterocycles. The normalized spacial score (nSPS) is 40.4. The lowest BCUT2D eigenvalue weighted by Gasteiger charge is -2.48. The van der Waals surface area contributed by atoms with Crippen LogP contribution in [0.1, 0.15) is 58.3 Å². The lowest BCUT2D eigenvalue weighted by molar-refractivity contribution is -0.159. The van der Waals surface area contributed by atoms with Crippen molar-refractivity contribution in [2.75, 3.05) is 7.11 Å². The molecule has 0 N–H and O–H groups in total. The molecule has 3 nitrogen and oxygen atoms in total. The van der Waals surface area contributed by atoms with Crippen LogP contribution in [0.5, 0.6) is 0 Å². The molecule has 3 heteroatoms. The second-order valence-electron chi connectivity index (χ2n) is 7.06. The van der Waals surface area contributed by atoms with Crippen LogP contribution in [0.4, 0.5) is 0 Å². The number of allylic oxidation sites excluding steroid dienone is 2. The molecule has 3 aliphatic carbocycles. The second-order valence-corrected chi connectivity index (χ2v) is 7.06. The fraction of sp³-hybridized carbons (Fsp3) is 0.765. The van der Waals surface area contributed by atoms with Crippen LogP contribution in [0, 0.1) is 16.7 Å². The fourth-order valence-electron chi connectivity index (χ4n) is 4.82. The second kappa shape index (κ2) is 4.71. The highest BCUT2D eigenvalue weighted by Crippen LogP contribution is 2.61. The van der Waals surface area contributed by atoms with Crippen LogP contribution < -0.4 is 0 Å². The largest absolute Gasteiger partial charge is 0.469 e. The minimum absolute atomic E-state index is 0.0891. The highest BCUT2D eigenvalue weighted by Gasteiger charge is 2.56. The molecule has 3 aliphatic rings. The summed E-state index contributed by atoms with van der Waals surface area (Å²) in [6, 6.07) is 0. The van der Waals surface area contributed by atoms with E-state index in [9.17, 15) is 9.59 Å². The van der Waals surface area contributed by atoms with Gasteiger partial charge in [-0.1, -0.05) is 18.6 Å². The van der Waals surface area contributed by atoms with Gasteiger partial charge in [0, 0.05) is 18.8 Å². The molecule has 0 aromatic carbocycles. The van der Waals surface area contributed by atoms with Crippen molar-refractivity contribution in [1.29, 1.82) is 0 Å². The molecule has 2 fully saturated rings. The maximum absolute atomic E-state index is 12.5. The molecule has 110 valence electrons. The summed E-state index contributed by atoms with van der Waals surface area (Å²) in [5, 5.41) is 0. The zero-order chi connectivity index (χ0) is 14.4. The Hall–Kier alpha value is -1.12. The van der Waals surface area contributed by atoms with Gasteiger partial charge in [-0.3, -0.25) is 9.59 Å². The van der Waals surface area contributed by atoms with Gasteiger partial charge in [-0.2, -0.15) is 0 Å². The summed E-state index contributed by atoms with van der Waals surface area (Å²) in [7, 11) is 1.48. The van der Waals surface area contributed by atoms with Crippen molar-refractivity contribution >= 4 is 11.8 Å². The molecule has 2 saturated carbocycles. The van der Waals surface area contributed by atoms with Crippen molar-refractivity contribution < 1.29 is 14.3 Å². The van der Waals surface area contributed by atoms with Crippen LogP contribution in [0.2, 0.25) is 0 Å². The van der Waals surface area contributed by atoms with Crippen molar-refractivity contribution in [3.63, 3.8) is 0 Å². The zero-order valence-electron chi connectivity index (χ0n) is 12.5. The van der Waals surface area contributed by atoms with Gasteiger partial charge in [0.15, 0.2) is 0 Å². The van der Waals surface area contributed by atoms with Gasteiger partial charge >= 0.3 is 5.97 Å². The Balaban J connectivity index is 2.05. The molecule has 20 heavy (non-hydrogen) atoms. The van der Waals surface area contributed by atoms with Crippen molar-refractivity contribution in [3.05, 3.63) is 11.6 Å². The van der Waals surface area contributed by atoms with Crippen LogP contribution in [0.15, 0.2) is 11.6 Å². The summed E-state index contributed by atoms with van der Waals surface area (Å²) < 4.78 is 5.14. The molecule has 0 aliphatic heterocycles. The number of carbonyl (C=O) groups is 2. The molecule has 0 saturated heterocycles. The molecule has 0 amide bonds. The average molecular weight is 276 g/mol. The molecule has 0 radical (unpaired) electrons. The van der Waals surface area contributed by atoms with Crippen molar-refractivity contribution in [2.24, 2.45) is 16.7 Å². The number of ether oxygens (including phenoxy) is 1. The Kier molecular flexibility index (Phi) is 3.26. The summed E-state index contributed by atoms with van der Waals surface area (Å²) in [6.45, 7) is 2.31. The third-order valence-corrected chi connectivity index (χ3v) is 6.02. The molecule has 0 unspecified atom stereocenters. The molecule has 3 atom stereocenters. The summed E-state index contributed by atoms with van der Waals surface area (Å²) in [5.74, 6) is 0.316. The Morgan fingerprint density at radius 2 is 2.10 bits per heavy atom. The van der Waals surface area contributed by atoms with E-state index in [0.717, 1.165) is 32.1 Å². The topological polar surface area (TPSA) is 43.4 Å². The Labute approximate surface area is 120 Å². The molecular formula is C17H24O3. The van der Waals surface area contributed by atoms with Crippen molar-refractivity contribution in [1.82, 2.24) is 0 Å². The number of hydrogen-bond donors (Lipinski definition) is 0. The highest BCUT2D eigenvalue weighted by molar-refractivity contribution is 5.84. The van der Waals surface area contributed by atoms with Gasteiger partial charge in [0.1, 0.15) is 5.78 Å². The van der Waals surface area contributed by atoms with Gasteiger partial charge in [0.25, 0.3) is 0 Å².